The van der Waals surface area contributed by atoms with Gasteiger partial charge in [-0.25, -0.2) is 15.0 Å². The first-order valence-electron chi connectivity index (χ1n) is 8.97. The number of ether oxygens (including phenoxy) is 1. The Hall–Kier alpha value is -1.81. The molecular weight excluding hydrogens is 338 g/mol. The number of fused-ring (bicyclic) bond motifs is 1. The Labute approximate surface area is 151 Å². The summed E-state index contributed by atoms with van der Waals surface area (Å²) in [6.07, 6.45) is 3.46. The predicted octanol–water partition coefficient (Wildman–Crippen LogP) is -0.283. The third-order valence-corrected chi connectivity index (χ3v) is 5.80. The minimum atomic E-state index is -1.05. The van der Waals surface area contributed by atoms with Crippen LogP contribution < -0.4 is 4.90 Å². The lowest BCUT2D eigenvalue weighted by Crippen LogP contribution is -2.52. The van der Waals surface area contributed by atoms with Crippen molar-refractivity contribution in [1.29, 1.82) is 0 Å². The summed E-state index contributed by atoms with van der Waals surface area (Å²) in [6.45, 7) is 0.232. The number of imidazole rings is 1. The lowest BCUT2D eigenvalue weighted by atomic mass is 9.87. The maximum Gasteiger partial charge on any atom is 0.165 e. The van der Waals surface area contributed by atoms with Gasteiger partial charge in [-0.15, -0.1) is 0 Å². The number of aliphatic hydroxyl groups is 3. The van der Waals surface area contributed by atoms with Gasteiger partial charge in [0.2, 0.25) is 0 Å². The van der Waals surface area contributed by atoms with Gasteiger partial charge in [-0.05, 0) is 19.3 Å². The normalized spacial score (nSPS) is 34.7. The molecule has 1 aliphatic carbocycles. The van der Waals surface area contributed by atoms with Crippen LogP contribution in [-0.4, -0.2) is 80.0 Å². The first kappa shape index (κ1) is 17.6. The molecule has 5 atom stereocenters. The van der Waals surface area contributed by atoms with Gasteiger partial charge in [0.1, 0.15) is 18.0 Å². The first-order chi connectivity index (χ1) is 12.5. The average molecular weight is 363 g/mol. The van der Waals surface area contributed by atoms with Crippen molar-refractivity contribution in [1.82, 2.24) is 19.5 Å². The van der Waals surface area contributed by atoms with Crippen molar-refractivity contribution in [3.63, 3.8) is 0 Å². The predicted molar refractivity (Wildman–Crippen MR) is 93.8 cm³/mol. The van der Waals surface area contributed by atoms with Gasteiger partial charge < -0.3 is 29.5 Å². The Morgan fingerprint density at radius 1 is 1.23 bits per heavy atom. The molecule has 1 spiro atoms. The highest BCUT2D eigenvalue weighted by Crippen LogP contribution is 2.49. The van der Waals surface area contributed by atoms with Gasteiger partial charge in [-0.3, -0.25) is 0 Å². The van der Waals surface area contributed by atoms with Gasteiger partial charge in [-0.2, -0.15) is 0 Å². The van der Waals surface area contributed by atoms with Gasteiger partial charge in [0.25, 0.3) is 0 Å². The SMILES string of the molecule is CN(C)c1ncnc2c1ncn2[C@@H]1[C@H](CO)[C@@H](O)[C@]2(CCCCO2)[C@H]1O. The summed E-state index contributed by atoms with van der Waals surface area (Å²) < 4.78 is 7.64. The molecule has 142 valence electrons. The topological polar surface area (TPSA) is 117 Å². The van der Waals surface area contributed by atoms with Crippen LogP contribution in [0.15, 0.2) is 12.7 Å². The van der Waals surface area contributed by atoms with E-state index in [1.165, 1.54) is 6.33 Å². The van der Waals surface area contributed by atoms with E-state index >= 15 is 0 Å². The van der Waals surface area contributed by atoms with Gasteiger partial charge in [0.15, 0.2) is 17.0 Å². The fourth-order valence-electron chi connectivity index (χ4n) is 4.50. The zero-order chi connectivity index (χ0) is 18.5. The third kappa shape index (κ3) is 2.34. The van der Waals surface area contributed by atoms with E-state index < -0.39 is 29.8 Å². The number of rotatable bonds is 3. The first-order valence-corrected chi connectivity index (χ1v) is 8.97. The third-order valence-electron chi connectivity index (χ3n) is 5.80. The average Bonchev–Trinajstić information content (AvgIpc) is 3.15. The van der Waals surface area contributed by atoms with Crippen LogP contribution in [0.4, 0.5) is 5.82 Å². The molecule has 3 heterocycles. The van der Waals surface area contributed by atoms with Crippen molar-refractivity contribution >= 4 is 17.0 Å². The molecule has 0 radical (unpaired) electrons. The highest BCUT2D eigenvalue weighted by molar-refractivity contribution is 5.83. The number of aromatic nitrogens is 4. The van der Waals surface area contributed by atoms with Crippen LogP contribution in [0.25, 0.3) is 11.2 Å². The van der Waals surface area contributed by atoms with Crippen molar-refractivity contribution in [2.24, 2.45) is 5.92 Å². The number of aliphatic hydroxyl groups excluding tert-OH is 3. The maximum absolute atomic E-state index is 11.1. The number of nitrogens with zero attached hydrogens (tertiary/aromatic N) is 5. The molecule has 26 heavy (non-hydrogen) atoms. The quantitative estimate of drug-likeness (QED) is 0.682. The van der Waals surface area contributed by atoms with Gasteiger partial charge in [0, 0.05) is 26.6 Å². The largest absolute Gasteiger partial charge is 0.396 e. The Morgan fingerprint density at radius 2 is 2.04 bits per heavy atom. The molecule has 1 saturated carbocycles. The molecule has 1 aliphatic heterocycles. The highest BCUT2D eigenvalue weighted by atomic mass is 16.5. The number of anilines is 1. The molecule has 0 bridgehead atoms. The molecule has 0 unspecified atom stereocenters. The second-order valence-electron chi connectivity index (χ2n) is 7.40. The molecule has 0 amide bonds. The second kappa shape index (κ2) is 6.41. The molecule has 3 N–H and O–H groups in total. The standard InChI is InChI=1S/C17H25N5O4/c1-21(2)15-11-16(19-8-18-15)22(9-20-11)12-10(7-23)13(24)17(14(12)25)5-3-4-6-26-17/h8-10,12-14,23-25H,3-7H2,1-2H3/t10-,12+,13+,14-,17+/m0/s1. The van der Waals surface area contributed by atoms with Crippen molar-refractivity contribution in [2.75, 3.05) is 32.2 Å². The minimum Gasteiger partial charge on any atom is -0.396 e. The summed E-state index contributed by atoms with van der Waals surface area (Å²) in [5.41, 5.74) is 0.122. The molecule has 2 aliphatic rings. The van der Waals surface area contributed by atoms with E-state index in [2.05, 4.69) is 15.0 Å². The summed E-state index contributed by atoms with van der Waals surface area (Å²) in [5, 5.41) is 32.0. The zero-order valence-electron chi connectivity index (χ0n) is 15.0. The smallest absolute Gasteiger partial charge is 0.165 e. The van der Waals surface area contributed by atoms with Crippen LogP contribution >= 0.6 is 0 Å². The van der Waals surface area contributed by atoms with E-state index in [4.69, 9.17) is 4.74 Å². The Kier molecular flexibility index (Phi) is 4.34. The van der Waals surface area contributed by atoms with Gasteiger partial charge >= 0.3 is 0 Å². The number of hydrogen-bond acceptors (Lipinski definition) is 8. The molecule has 2 fully saturated rings. The zero-order valence-corrected chi connectivity index (χ0v) is 15.0. The Bertz CT molecular complexity index is 789. The van der Waals surface area contributed by atoms with Crippen LogP contribution in [0, 0.1) is 5.92 Å². The fourth-order valence-corrected chi connectivity index (χ4v) is 4.50. The van der Waals surface area contributed by atoms with E-state index in [9.17, 15) is 15.3 Å². The molecule has 2 aromatic heterocycles. The van der Waals surface area contributed by atoms with Crippen LogP contribution in [-0.2, 0) is 4.74 Å². The minimum absolute atomic E-state index is 0.265. The molecule has 9 heteroatoms. The summed E-state index contributed by atoms with van der Waals surface area (Å²) in [4.78, 5) is 14.9. The van der Waals surface area contributed by atoms with E-state index in [1.54, 1.807) is 10.9 Å². The maximum atomic E-state index is 11.1. The fraction of sp³-hybridized carbons (Fsp3) is 0.706. The lowest BCUT2D eigenvalue weighted by molar-refractivity contribution is -0.181. The van der Waals surface area contributed by atoms with E-state index in [-0.39, 0.29) is 6.61 Å². The van der Waals surface area contributed by atoms with Crippen molar-refractivity contribution in [2.45, 2.75) is 43.1 Å². The van der Waals surface area contributed by atoms with Crippen LogP contribution in [0.3, 0.4) is 0 Å². The Morgan fingerprint density at radius 3 is 2.69 bits per heavy atom. The summed E-state index contributed by atoms with van der Waals surface area (Å²) in [7, 11) is 3.74. The van der Waals surface area contributed by atoms with Gasteiger partial charge in [-0.1, -0.05) is 0 Å². The molecule has 4 rings (SSSR count). The van der Waals surface area contributed by atoms with Crippen LogP contribution in [0.2, 0.25) is 0 Å². The lowest BCUT2D eigenvalue weighted by Gasteiger charge is -2.39. The van der Waals surface area contributed by atoms with E-state index in [0.29, 0.717) is 30.0 Å². The highest BCUT2D eigenvalue weighted by Gasteiger charge is 2.61. The van der Waals surface area contributed by atoms with Crippen molar-refractivity contribution in [3.8, 4) is 0 Å². The van der Waals surface area contributed by atoms with Crippen molar-refractivity contribution in [3.05, 3.63) is 12.7 Å². The monoisotopic (exact) mass is 363 g/mol. The van der Waals surface area contributed by atoms with Gasteiger partial charge in [0.05, 0.1) is 25.1 Å². The molecule has 1 saturated heterocycles. The summed E-state index contributed by atoms with van der Waals surface area (Å²) >= 11 is 0. The Balaban J connectivity index is 1.82. The molecule has 9 nitrogen and oxygen atoms in total. The molecular formula is C17H25N5O4. The number of hydrogen-bond donors (Lipinski definition) is 3. The second-order valence-corrected chi connectivity index (χ2v) is 7.40. The molecule has 2 aromatic rings. The van der Waals surface area contributed by atoms with Crippen LogP contribution in [0.1, 0.15) is 25.3 Å². The summed E-state index contributed by atoms with van der Waals surface area (Å²) in [5.74, 6) is 0.101. The molecule has 0 aromatic carbocycles. The summed E-state index contributed by atoms with van der Waals surface area (Å²) in [6, 6.07) is -0.581. The van der Waals surface area contributed by atoms with Crippen molar-refractivity contribution < 1.29 is 20.1 Å². The van der Waals surface area contributed by atoms with E-state index in [0.717, 1.165) is 12.8 Å². The van der Waals surface area contributed by atoms with E-state index in [1.807, 2.05) is 19.0 Å². The van der Waals surface area contributed by atoms with Crippen LogP contribution in [0.5, 0.6) is 0 Å².